The van der Waals surface area contributed by atoms with E-state index in [4.69, 9.17) is 0 Å². The summed E-state index contributed by atoms with van der Waals surface area (Å²) in [6.07, 6.45) is -0.474. The lowest BCUT2D eigenvalue weighted by atomic mass is 10.1. The molecule has 0 aliphatic heterocycles. The molecule has 0 aliphatic rings. The van der Waals surface area contributed by atoms with Gasteiger partial charge in [-0.2, -0.15) is 0 Å². The zero-order valence-corrected chi connectivity index (χ0v) is 10.5. The van der Waals surface area contributed by atoms with Crippen molar-refractivity contribution < 1.29 is 9.50 Å². The fourth-order valence-corrected chi connectivity index (χ4v) is 1.81. The van der Waals surface area contributed by atoms with E-state index in [0.717, 1.165) is 16.9 Å². The van der Waals surface area contributed by atoms with Crippen LogP contribution in [-0.2, 0) is 0 Å². The van der Waals surface area contributed by atoms with Crippen LogP contribution in [0.4, 0.5) is 15.8 Å². The highest BCUT2D eigenvalue weighted by atomic mass is 19.1. The number of aliphatic hydroxyl groups is 1. The molecular formula is C15H16FNO. The maximum Gasteiger partial charge on any atom is 0.125 e. The van der Waals surface area contributed by atoms with Crippen molar-refractivity contribution in [1.82, 2.24) is 0 Å². The molecule has 0 aromatic heterocycles. The van der Waals surface area contributed by atoms with Gasteiger partial charge in [0.25, 0.3) is 0 Å². The largest absolute Gasteiger partial charge is 0.389 e. The molecule has 1 atom stereocenters. The monoisotopic (exact) mass is 245 g/mol. The minimum Gasteiger partial charge on any atom is -0.389 e. The van der Waals surface area contributed by atoms with Gasteiger partial charge in [-0.25, -0.2) is 4.39 Å². The average molecular weight is 245 g/mol. The Labute approximate surface area is 106 Å². The molecule has 0 fully saturated rings. The normalized spacial score (nSPS) is 12.2. The van der Waals surface area contributed by atoms with Gasteiger partial charge in [-0.1, -0.05) is 18.2 Å². The SMILES string of the molecule is CC(O)c1ccc(N(C)c2cccc(F)c2)cc1. The minimum atomic E-state index is -0.474. The molecule has 0 bridgehead atoms. The third-order valence-electron chi connectivity index (χ3n) is 2.96. The van der Waals surface area contributed by atoms with Crippen LogP contribution in [0.5, 0.6) is 0 Å². The van der Waals surface area contributed by atoms with Crippen LogP contribution in [0.3, 0.4) is 0 Å². The Balaban J connectivity index is 2.26. The van der Waals surface area contributed by atoms with Gasteiger partial charge in [-0.3, -0.25) is 0 Å². The first-order valence-electron chi connectivity index (χ1n) is 5.85. The van der Waals surface area contributed by atoms with Crippen molar-refractivity contribution >= 4 is 11.4 Å². The number of benzene rings is 2. The zero-order chi connectivity index (χ0) is 13.1. The van der Waals surface area contributed by atoms with Gasteiger partial charge in [0.1, 0.15) is 5.82 Å². The first kappa shape index (κ1) is 12.6. The highest BCUT2D eigenvalue weighted by molar-refractivity contribution is 5.62. The van der Waals surface area contributed by atoms with E-state index < -0.39 is 6.10 Å². The number of rotatable bonds is 3. The van der Waals surface area contributed by atoms with E-state index in [0.29, 0.717) is 0 Å². The molecule has 2 nitrogen and oxygen atoms in total. The average Bonchev–Trinajstić information content (AvgIpc) is 2.38. The summed E-state index contributed by atoms with van der Waals surface area (Å²) in [5, 5.41) is 9.44. The van der Waals surface area contributed by atoms with Crippen molar-refractivity contribution in [2.75, 3.05) is 11.9 Å². The minimum absolute atomic E-state index is 0.250. The van der Waals surface area contributed by atoms with Gasteiger partial charge in [0.2, 0.25) is 0 Å². The smallest absolute Gasteiger partial charge is 0.125 e. The summed E-state index contributed by atoms with van der Waals surface area (Å²) in [5.41, 5.74) is 2.61. The van der Waals surface area contributed by atoms with Gasteiger partial charge in [0.05, 0.1) is 6.10 Å². The second-order valence-electron chi connectivity index (χ2n) is 4.31. The number of hydrogen-bond donors (Lipinski definition) is 1. The lowest BCUT2D eigenvalue weighted by Gasteiger charge is -2.20. The van der Waals surface area contributed by atoms with E-state index in [1.54, 1.807) is 13.0 Å². The summed E-state index contributed by atoms with van der Waals surface area (Å²) in [6, 6.07) is 14.0. The number of nitrogens with zero attached hydrogens (tertiary/aromatic N) is 1. The van der Waals surface area contributed by atoms with Crippen molar-refractivity contribution in [3.05, 3.63) is 59.9 Å². The van der Waals surface area contributed by atoms with Gasteiger partial charge in [0.15, 0.2) is 0 Å². The molecule has 18 heavy (non-hydrogen) atoms. The number of anilines is 2. The standard InChI is InChI=1S/C15H16FNO/c1-11(18)12-6-8-14(9-7-12)17(2)15-5-3-4-13(16)10-15/h3-11,18H,1-2H3. The summed E-state index contributed by atoms with van der Waals surface area (Å²) in [6.45, 7) is 1.73. The van der Waals surface area contributed by atoms with Crippen LogP contribution >= 0.6 is 0 Å². The van der Waals surface area contributed by atoms with E-state index in [1.807, 2.05) is 42.3 Å². The molecule has 2 aromatic carbocycles. The molecule has 1 unspecified atom stereocenters. The third-order valence-corrected chi connectivity index (χ3v) is 2.96. The van der Waals surface area contributed by atoms with Crippen LogP contribution in [0.1, 0.15) is 18.6 Å². The van der Waals surface area contributed by atoms with E-state index in [2.05, 4.69) is 0 Å². The second-order valence-corrected chi connectivity index (χ2v) is 4.31. The molecule has 0 saturated carbocycles. The van der Waals surface area contributed by atoms with Gasteiger partial charge in [0, 0.05) is 18.4 Å². The Morgan fingerprint density at radius 1 is 1.06 bits per heavy atom. The number of hydrogen-bond acceptors (Lipinski definition) is 2. The molecular weight excluding hydrogens is 229 g/mol. The van der Waals surface area contributed by atoms with Crippen LogP contribution < -0.4 is 4.90 Å². The van der Waals surface area contributed by atoms with Gasteiger partial charge < -0.3 is 10.0 Å². The summed E-state index contributed by atoms with van der Waals surface area (Å²) >= 11 is 0. The van der Waals surface area contributed by atoms with Crippen LogP contribution in [-0.4, -0.2) is 12.2 Å². The number of halogens is 1. The molecule has 0 saturated heterocycles. The molecule has 0 spiro atoms. The molecule has 2 rings (SSSR count). The summed E-state index contributed by atoms with van der Waals surface area (Å²) in [4.78, 5) is 1.90. The van der Waals surface area contributed by atoms with Gasteiger partial charge in [-0.15, -0.1) is 0 Å². The lowest BCUT2D eigenvalue weighted by molar-refractivity contribution is 0.199. The van der Waals surface area contributed by atoms with E-state index >= 15 is 0 Å². The summed E-state index contributed by atoms with van der Waals surface area (Å²) in [7, 11) is 1.88. The summed E-state index contributed by atoms with van der Waals surface area (Å²) < 4.78 is 13.2. The van der Waals surface area contributed by atoms with Gasteiger partial charge >= 0.3 is 0 Å². The van der Waals surface area contributed by atoms with Crippen LogP contribution in [0.25, 0.3) is 0 Å². The van der Waals surface area contributed by atoms with E-state index in [-0.39, 0.29) is 5.82 Å². The van der Waals surface area contributed by atoms with Crippen molar-refractivity contribution in [2.45, 2.75) is 13.0 Å². The molecule has 3 heteroatoms. The Bertz CT molecular complexity index is 522. The van der Waals surface area contributed by atoms with Crippen molar-refractivity contribution in [1.29, 1.82) is 0 Å². The predicted octanol–water partition coefficient (Wildman–Crippen LogP) is 3.65. The highest BCUT2D eigenvalue weighted by Crippen LogP contribution is 2.25. The van der Waals surface area contributed by atoms with Crippen molar-refractivity contribution in [3.63, 3.8) is 0 Å². The third kappa shape index (κ3) is 2.68. The van der Waals surface area contributed by atoms with Gasteiger partial charge in [-0.05, 0) is 42.8 Å². The van der Waals surface area contributed by atoms with Crippen molar-refractivity contribution in [3.8, 4) is 0 Å². The quantitative estimate of drug-likeness (QED) is 0.892. The Hall–Kier alpha value is -1.87. The Morgan fingerprint density at radius 2 is 1.72 bits per heavy atom. The first-order valence-corrected chi connectivity index (χ1v) is 5.85. The Kier molecular flexibility index (Phi) is 3.63. The maximum atomic E-state index is 13.2. The topological polar surface area (TPSA) is 23.5 Å². The van der Waals surface area contributed by atoms with Crippen LogP contribution in [0.2, 0.25) is 0 Å². The van der Waals surface area contributed by atoms with Crippen molar-refractivity contribution in [2.24, 2.45) is 0 Å². The molecule has 0 amide bonds. The molecule has 0 heterocycles. The van der Waals surface area contributed by atoms with E-state index in [9.17, 15) is 9.50 Å². The highest BCUT2D eigenvalue weighted by Gasteiger charge is 2.06. The fraction of sp³-hybridized carbons (Fsp3) is 0.200. The maximum absolute atomic E-state index is 13.2. The van der Waals surface area contributed by atoms with Crippen LogP contribution in [0.15, 0.2) is 48.5 Å². The van der Waals surface area contributed by atoms with Crippen LogP contribution in [0, 0.1) is 5.82 Å². The molecule has 2 aromatic rings. The molecule has 94 valence electrons. The molecule has 0 aliphatic carbocycles. The Morgan fingerprint density at radius 3 is 2.28 bits per heavy atom. The van der Waals surface area contributed by atoms with E-state index in [1.165, 1.54) is 12.1 Å². The zero-order valence-electron chi connectivity index (χ0n) is 10.5. The summed E-state index contributed by atoms with van der Waals surface area (Å²) in [5.74, 6) is -0.250. The second kappa shape index (κ2) is 5.19. The first-order chi connectivity index (χ1) is 8.58. The number of aliphatic hydroxyl groups excluding tert-OH is 1. The predicted molar refractivity (Wildman–Crippen MR) is 71.5 cm³/mol. The molecule has 1 N–H and O–H groups in total. The lowest BCUT2D eigenvalue weighted by Crippen LogP contribution is -2.09. The fourth-order valence-electron chi connectivity index (χ4n) is 1.81. The molecule has 0 radical (unpaired) electrons.